The quantitative estimate of drug-likeness (QED) is 0.745. The fourth-order valence-electron chi connectivity index (χ4n) is 2.91. The zero-order valence-corrected chi connectivity index (χ0v) is 9.99. The van der Waals surface area contributed by atoms with Crippen molar-refractivity contribution in [2.45, 2.75) is 31.7 Å². The monoisotopic (exact) mass is 211 g/mol. The average molecular weight is 211 g/mol. The first-order chi connectivity index (χ1) is 7.24. The molecule has 2 aliphatic rings. The molecule has 0 aliphatic carbocycles. The van der Waals surface area contributed by atoms with E-state index in [0.29, 0.717) is 6.04 Å². The summed E-state index contributed by atoms with van der Waals surface area (Å²) in [5, 5.41) is 0. The molecule has 0 aromatic heterocycles. The van der Waals surface area contributed by atoms with Crippen LogP contribution < -0.4 is 5.73 Å². The molecule has 0 aromatic carbocycles. The van der Waals surface area contributed by atoms with Gasteiger partial charge >= 0.3 is 0 Å². The molecule has 0 bridgehead atoms. The Morgan fingerprint density at radius 2 is 2.07 bits per heavy atom. The third-order valence-corrected chi connectivity index (χ3v) is 3.77. The molecule has 1 atom stereocenters. The van der Waals surface area contributed by atoms with Crippen LogP contribution in [-0.4, -0.2) is 55.6 Å². The van der Waals surface area contributed by atoms with E-state index < -0.39 is 0 Å². The van der Waals surface area contributed by atoms with Gasteiger partial charge < -0.3 is 15.5 Å². The molecule has 2 aliphatic heterocycles. The van der Waals surface area contributed by atoms with E-state index in [-0.39, 0.29) is 0 Å². The second kappa shape index (κ2) is 5.28. The SMILES string of the molecule is CN1CC(CCCN2CCCC(N)C2)C1. The predicted octanol–water partition coefficient (Wildman–Crippen LogP) is 0.751. The number of nitrogens with zero attached hydrogens (tertiary/aromatic N) is 2. The first kappa shape index (κ1) is 11.4. The molecule has 0 radical (unpaired) electrons. The first-order valence-corrected chi connectivity index (χ1v) is 6.40. The van der Waals surface area contributed by atoms with E-state index >= 15 is 0 Å². The molecule has 2 rings (SSSR count). The van der Waals surface area contributed by atoms with Crippen molar-refractivity contribution in [3.05, 3.63) is 0 Å². The van der Waals surface area contributed by atoms with E-state index in [9.17, 15) is 0 Å². The van der Waals surface area contributed by atoms with Gasteiger partial charge in [-0.2, -0.15) is 0 Å². The Balaban J connectivity index is 1.53. The summed E-state index contributed by atoms with van der Waals surface area (Å²) < 4.78 is 0. The number of piperidine rings is 1. The molecule has 0 spiro atoms. The van der Waals surface area contributed by atoms with E-state index in [0.717, 1.165) is 12.5 Å². The summed E-state index contributed by atoms with van der Waals surface area (Å²) in [6.07, 6.45) is 5.30. The number of rotatable bonds is 4. The molecule has 15 heavy (non-hydrogen) atoms. The number of nitrogens with two attached hydrogens (primary N) is 1. The van der Waals surface area contributed by atoms with E-state index in [2.05, 4.69) is 16.8 Å². The maximum Gasteiger partial charge on any atom is 0.0168 e. The van der Waals surface area contributed by atoms with Crippen LogP contribution in [0.2, 0.25) is 0 Å². The lowest BCUT2D eigenvalue weighted by Crippen LogP contribution is -2.45. The summed E-state index contributed by atoms with van der Waals surface area (Å²) in [5.41, 5.74) is 5.96. The third-order valence-electron chi connectivity index (χ3n) is 3.77. The van der Waals surface area contributed by atoms with E-state index in [1.54, 1.807) is 0 Å². The van der Waals surface area contributed by atoms with Gasteiger partial charge in [-0.1, -0.05) is 0 Å². The van der Waals surface area contributed by atoms with Crippen LogP contribution >= 0.6 is 0 Å². The van der Waals surface area contributed by atoms with Crippen LogP contribution in [0.25, 0.3) is 0 Å². The van der Waals surface area contributed by atoms with Gasteiger partial charge in [-0.05, 0) is 51.7 Å². The largest absolute Gasteiger partial charge is 0.327 e. The summed E-state index contributed by atoms with van der Waals surface area (Å²) in [5.74, 6) is 0.980. The van der Waals surface area contributed by atoms with Gasteiger partial charge in [-0.25, -0.2) is 0 Å². The molecule has 1 unspecified atom stereocenters. The van der Waals surface area contributed by atoms with Crippen LogP contribution in [0.3, 0.4) is 0 Å². The van der Waals surface area contributed by atoms with Gasteiger partial charge in [0.05, 0.1) is 0 Å². The van der Waals surface area contributed by atoms with Gasteiger partial charge in [0, 0.05) is 25.7 Å². The Kier molecular flexibility index (Phi) is 4.00. The van der Waals surface area contributed by atoms with Gasteiger partial charge in [-0.15, -0.1) is 0 Å². The van der Waals surface area contributed by atoms with Crippen molar-refractivity contribution < 1.29 is 0 Å². The summed E-state index contributed by atoms with van der Waals surface area (Å²) in [7, 11) is 2.21. The Morgan fingerprint density at radius 3 is 2.73 bits per heavy atom. The van der Waals surface area contributed by atoms with Gasteiger partial charge in [0.25, 0.3) is 0 Å². The van der Waals surface area contributed by atoms with Crippen molar-refractivity contribution in [1.82, 2.24) is 9.80 Å². The van der Waals surface area contributed by atoms with E-state index in [4.69, 9.17) is 5.73 Å². The predicted molar refractivity (Wildman–Crippen MR) is 63.9 cm³/mol. The highest BCUT2D eigenvalue weighted by Crippen LogP contribution is 2.19. The van der Waals surface area contributed by atoms with Crippen LogP contribution in [0.1, 0.15) is 25.7 Å². The molecule has 2 saturated heterocycles. The topological polar surface area (TPSA) is 32.5 Å². The second-order valence-electron chi connectivity index (χ2n) is 5.43. The lowest BCUT2D eigenvalue weighted by Gasteiger charge is -2.37. The molecular formula is C12H25N3. The van der Waals surface area contributed by atoms with Crippen molar-refractivity contribution in [2.24, 2.45) is 11.7 Å². The summed E-state index contributed by atoms with van der Waals surface area (Å²) in [6, 6.07) is 0.439. The summed E-state index contributed by atoms with van der Waals surface area (Å²) >= 11 is 0. The molecule has 2 heterocycles. The summed E-state index contributed by atoms with van der Waals surface area (Å²) in [6.45, 7) is 6.32. The Labute approximate surface area is 93.6 Å². The lowest BCUT2D eigenvalue weighted by atomic mass is 9.95. The van der Waals surface area contributed by atoms with Crippen molar-refractivity contribution in [3.8, 4) is 0 Å². The van der Waals surface area contributed by atoms with Crippen LogP contribution in [0, 0.1) is 5.92 Å². The van der Waals surface area contributed by atoms with Crippen molar-refractivity contribution in [3.63, 3.8) is 0 Å². The molecule has 0 saturated carbocycles. The maximum absolute atomic E-state index is 5.96. The van der Waals surface area contributed by atoms with E-state index in [1.807, 2.05) is 0 Å². The van der Waals surface area contributed by atoms with Crippen molar-refractivity contribution in [2.75, 3.05) is 39.8 Å². The highest BCUT2D eigenvalue weighted by atomic mass is 15.2. The van der Waals surface area contributed by atoms with Gasteiger partial charge in [0.1, 0.15) is 0 Å². The zero-order chi connectivity index (χ0) is 10.7. The second-order valence-corrected chi connectivity index (χ2v) is 5.43. The highest BCUT2D eigenvalue weighted by Gasteiger charge is 2.23. The van der Waals surface area contributed by atoms with Crippen LogP contribution in [0.5, 0.6) is 0 Å². The molecular weight excluding hydrogens is 186 g/mol. The molecule has 0 aromatic rings. The minimum atomic E-state index is 0.439. The molecule has 2 fully saturated rings. The number of likely N-dealkylation sites (tertiary alicyclic amines) is 2. The number of hydrogen-bond donors (Lipinski definition) is 1. The van der Waals surface area contributed by atoms with Gasteiger partial charge in [-0.3, -0.25) is 0 Å². The normalized spacial score (nSPS) is 30.4. The average Bonchev–Trinajstić information content (AvgIpc) is 2.15. The number of hydrogen-bond acceptors (Lipinski definition) is 3. The maximum atomic E-state index is 5.96. The minimum Gasteiger partial charge on any atom is -0.327 e. The molecule has 88 valence electrons. The minimum absolute atomic E-state index is 0.439. The first-order valence-electron chi connectivity index (χ1n) is 6.40. The Morgan fingerprint density at radius 1 is 1.27 bits per heavy atom. The zero-order valence-electron chi connectivity index (χ0n) is 9.99. The third kappa shape index (κ3) is 3.44. The molecule has 0 amide bonds. The van der Waals surface area contributed by atoms with Gasteiger partial charge in [0.15, 0.2) is 0 Å². The van der Waals surface area contributed by atoms with Crippen LogP contribution in [-0.2, 0) is 0 Å². The Bertz CT molecular complexity index is 189. The van der Waals surface area contributed by atoms with E-state index in [1.165, 1.54) is 51.9 Å². The Hall–Kier alpha value is -0.120. The van der Waals surface area contributed by atoms with Gasteiger partial charge in [0.2, 0.25) is 0 Å². The van der Waals surface area contributed by atoms with Crippen LogP contribution in [0.4, 0.5) is 0 Å². The standard InChI is InChI=1S/C12H25N3/c1-14-8-11(9-14)4-2-6-15-7-3-5-12(13)10-15/h11-12H,2-10,13H2,1H3. The fraction of sp³-hybridized carbons (Fsp3) is 1.00. The molecule has 3 nitrogen and oxygen atoms in total. The lowest BCUT2D eigenvalue weighted by molar-refractivity contribution is 0.117. The van der Waals surface area contributed by atoms with Crippen molar-refractivity contribution in [1.29, 1.82) is 0 Å². The fourth-order valence-corrected chi connectivity index (χ4v) is 2.91. The smallest absolute Gasteiger partial charge is 0.0168 e. The highest BCUT2D eigenvalue weighted by molar-refractivity contribution is 4.78. The van der Waals surface area contributed by atoms with Crippen LogP contribution in [0.15, 0.2) is 0 Å². The summed E-state index contributed by atoms with van der Waals surface area (Å²) in [4.78, 5) is 4.96. The van der Waals surface area contributed by atoms with Crippen molar-refractivity contribution >= 4 is 0 Å². The molecule has 2 N–H and O–H groups in total. The molecule has 3 heteroatoms.